The van der Waals surface area contributed by atoms with Crippen LogP contribution in [-0.2, 0) is 9.53 Å². The normalized spacial score (nSPS) is 17.6. The quantitative estimate of drug-likeness (QED) is 0.418. The number of anilines is 1. The van der Waals surface area contributed by atoms with Gasteiger partial charge in [-0.25, -0.2) is 0 Å². The minimum Gasteiger partial charge on any atom is -0.395 e. The van der Waals surface area contributed by atoms with Gasteiger partial charge in [0.25, 0.3) is 11.8 Å². The van der Waals surface area contributed by atoms with Crippen LogP contribution in [0.5, 0.6) is 0 Å². The molecule has 10 nitrogen and oxygen atoms in total. The van der Waals surface area contributed by atoms with Gasteiger partial charge in [0.15, 0.2) is 5.69 Å². The lowest BCUT2D eigenvalue weighted by atomic mass is 9.94. The van der Waals surface area contributed by atoms with Crippen molar-refractivity contribution in [1.82, 2.24) is 19.5 Å². The molecule has 1 aromatic heterocycles. The second kappa shape index (κ2) is 13.2. The van der Waals surface area contributed by atoms with E-state index >= 15 is 0 Å². The zero-order valence-corrected chi connectivity index (χ0v) is 22.8. The maximum Gasteiger partial charge on any atom is 0.270 e. The van der Waals surface area contributed by atoms with Gasteiger partial charge < -0.3 is 26.4 Å². The highest BCUT2D eigenvalue weighted by atomic mass is 32.1. The Morgan fingerprint density at radius 1 is 1.16 bits per heavy atom. The van der Waals surface area contributed by atoms with Crippen LogP contribution in [-0.4, -0.2) is 77.3 Å². The minimum atomic E-state index is -0.853. The maximum absolute atomic E-state index is 14.0. The molecule has 206 valence electrons. The van der Waals surface area contributed by atoms with E-state index in [1.807, 2.05) is 31.2 Å². The molecule has 1 saturated heterocycles. The summed E-state index contributed by atoms with van der Waals surface area (Å²) in [6.07, 6.45) is 5.85. The zero-order valence-electron chi connectivity index (χ0n) is 22.0. The third kappa shape index (κ3) is 6.89. The number of morpholine rings is 1. The van der Waals surface area contributed by atoms with Gasteiger partial charge in [0, 0.05) is 32.2 Å². The Balaban J connectivity index is 1.65. The Bertz CT molecular complexity index is 1110. The second-order valence-corrected chi connectivity index (χ2v) is 10.9. The molecule has 1 saturated carbocycles. The van der Waals surface area contributed by atoms with E-state index in [1.165, 1.54) is 6.42 Å². The highest BCUT2D eigenvalue weighted by Crippen LogP contribution is 2.30. The lowest BCUT2D eigenvalue weighted by Gasteiger charge is -2.34. The van der Waals surface area contributed by atoms with Crippen LogP contribution in [0.1, 0.15) is 75.9 Å². The number of nitrogens with zero attached hydrogens (tertiary/aromatic N) is 3. The largest absolute Gasteiger partial charge is 0.395 e. The van der Waals surface area contributed by atoms with Crippen LogP contribution in [0, 0.1) is 6.92 Å². The van der Waals surface area contributed by atoms with E-state index in [4.69, 9.17) is 16.2 Å². The van der Waals surface area contributed by atoms with Gasteiger partial charge in [0.1, 0.15) is 10.9 Å². The predicted molar refractivity (Wildman–Crippen MR) is 147 cm³/mol. The number of carbonyl (C=O) groups excluding carboxylic acids is 3. The van der Waals surface area contributed by atoms with Gasteiger partial charge >= 0.3 is 0 Å². The van der Waals surface area contributed by atoms with E-state index in [-0.39, 0.29) is 28.2 Å². The van der Waals surface area contributed by atoms with Crippen LogP contribution in [0.4, 0.5) is 5.69 Å². The number of amides is 3. The third-order valence-corrected chi connectivity index (χ3v) is 8.15. The summed E-state index contributed by atoms with van der Waals surface area (Å²) in [7, 11) is 0. The number of primary amides is 1. The average Bonchev–Trinajstić information content (AvgIpc) is 3.31. The number of aromatic nitrogens is 1. The van der Waals surface area contributed by atoms with Crippen molar-refractivity contribution in [3.05, 3.63) is 46.0 Å². The molecule has 1 aromatic carbocycles. The molecule has 0 bridgehead atoms. The fourth-order valence-electron chi connectivity index (χ4n) is 5.15. The summed E-state index contributed by atoms with van der Waals surface area (Å²) in [5.74, 6) is -1.43. The number of aryl methyl sites for hydroxylation is 1. The Morgan fingerprint density at radius 3 is 2.47 bits per heavy atom. The van der Waals surface area contributed by atoms with Crippen molar-refractivity contribution in [3.63, 3.8) is 0 Å². The van der Waals surface area contributed by atoms with Gasteiger partial charge in [0.2, 0.25) is 5.91 Å². The highest BCUT2D eigenvalue weighted by molar-refractivity contribution is 7.09. The SMILES string of the molecule is Cc1ccc([C@@H](C(=O)NC2CCCCC2)N(CCCN2CCOCC2)C(=O)c2snc(C(N)=O)c2N)cc1. The number of ether oxygens (including phenoxy) is 1. The Kier molecular flexibility index (Phi) is 9.70. The van der Waals surface area contributed by atoms with Gasteiger partial charge in [-0.05, 0) is 43.3 Å². The van der Waals surface area contributed by atoms with Gasteiger partial charge in [-0.2, -0.15) is 4.37 Å². The number of benzene rings is 1. The average molecular weight is 543 g/mol. The van der Waals surface area contributed by atoms with Crippen LogP contribution in [0.2, 0.25) is 0 Å². The van der Waals surface area contributed by atoms with Crippen molar-refractivity contribution in [1.29, 1.82) is 0 Å². The molecule has 1 aliphatic heterocycles. The number of rotatable bonds is 10. The lowest BCUT2D eigenvalue weighted by Crippen LogP contribution is -2.48. The Morgan fingerprint density at radius 2 is 1.84 bits per heavy atom. The van der Waals surface area contributed by atoms with Crippen LogP contribution < -0.4 is 16.8 Å². The van der Waals surface area contributed by atoms with Crippen molar-refractivity contribution < 1.29 is 19.1 Å². The highest BCUT2D eigenvalue weighted by Gasteiger charge is 2.35. The van der Waals surface area contributed by atoms with Gasteiger partial charge in [-0.15, -0.1) is 0 Å². The van der Waals surface area contributed by atoms with Crippen molar-refractivity contribution >= 4 is 34.9 Å². The molecule has 2 heterocycles. The van der Waals surface area contributed by atoms with Crippen LogP contribution >= 0.6 is 11.5 Å². The Hall–Kier alpha value is -3.02. The smallest absolute Gasteiger partial charge is 0.270 e. The second-order valence-electron chi connectivity index (χ2n) is 10.1. The van der Waals surface area contributed by atoms with Crippen molar-refractivity contribution in [2.45, 2.75) is 57.5 Å². The molecule has 1 aliphatic carbocycles. The summed E-state index contributed by atoms with van der Waals surface area (Å²) in [6, 6.07) is 6.91. The molecule has 2 aliphatic rings. The maximum atomic E-state index is 14.0. The number of nitrogens with one attached hydrogen (secondary N) is 1. The first kappa shape index (κ1) is 28.0. The third-order valence-electron chi connectivity index (χ3n) is 7.30. The predicted octanol–water partition coefficient (Wildman–Crippen LogP) is 2.49. The first-order chi connectivity index (χ1) is 18.3. The van der Waals surface area contributed by atoms with Gasteiger partial charge in [-0.1, -0.05) is 49.1 Å². The first-order valence-corrected chi connectivity index (χ1v) is 14.2. The van der Waals surface area contributed by atoms with Gasteiger partial charge in [-0.3, -0.25) is 19.3 Å². The lowest BCUT2D eigenvalue weighted by molar-refractivity contribution is -0.127. The van der Waals surface area contributed by atoms with E-state index in [1.54, 1.807) is 4.90 Å². The molecule has 4 rings (SSSR count). The van der Waals surface area contributed by atoms with Crippen molar-refractivity contribution in [3.8, 4) is 0 Å². The van der Waals surface area contributed by atoms with Gasteiger partial charge in [0.05, 0.1) is 18.9 Å². The molecule has 5 N–H and O–H groups in total. The van der Waals surface area contributed by atoms with Crippen LogP contribution in [0.15, 0.2) is 24.3 Å². The first-order valence-electron chi connectivity index (χ1n) is 13.4. The summed E-state index contributed by atoms with van der Waals surface area (Å²) in [6.45, 7) is 6.12. The number of nitrogen functional groups attached to an aromatic ring is 1. The summed E-state index contributed by atoms with van der Waals surface area (Å²) < 4.78 is 9.48. The molecule has 3 amide bonds. The molecule has 0 unspecified atom stereocenters. The van der Waals surface area contributed by atoms with E-state index in [0.29, 0.717) is 26.2 Å². The van der Waals surface area contributed by atoms with E-state index in [0.717, 1.165) is 68.0 Å². The van der Waals surface area contributed by atoms with E-state index in [2.05, 4.69) is 14.6 Å². The summed E-state index contributed by atoms with van der Waals surface area (Å²) in [4.78, 5) is 43.7. The number of nitrogens with two attached hydrogens (primary N) is 2. The van der Waals surface area contributed by atoms with Crippen molar-refractivity contribution in [2.24, 2.45) is 5.73 Å². The van der Waals surface area contributed by atoms with E-state index < -0.39 is 17.9 Å². The molecule has 2 fully saturated rings. The fourth-order valence-corrected chi connectivity index (χ4v) is 5.91. The summed E-state index contributed by atoms with van der Waals surface area (Å²) in [5.41, 5.74) is 13.2. The monoisotopic (exact) mass is 542 g/mol. The number of hydrogen-bond acceptors (Lipinski definition) is 8. The standard InChI is InChI=1S/C27H38N6O4S/c1-18-8-10-19(11-9-18)23(26(35)30-20-6-3-2-4-7-20)33(13-5-12-32-14-16-37-17-15-32)27(36)24-21(28)22(25(29)34)31-38-24/h8-11,20,23H,2-7,12-17,28H2,1H3,(H2,29,34)(H,30,35)/t23-/m0/s1. The Labute approximate surface area is 227 Å². The minimum absolute atomic E-state index is 0.0407. The fraction of sp³-hybridized carbons (Fsp3) is 0.556. The molecular formula is C27H38N6O4S. The summed E-state index contributed by atoms with van der Waals surface area (Å²) in [5, 5.41) is 3.22. The van der Waals surface area contributed by atoms with Crippen LogP contribution in [0.3, 0.4) is 0 Å². The topological polar surface area (TPSA) is 144 Å². The van der Waals surface area contributed by atoms with Crippen molar-refractivity contribution in [2.75, 3.05) is 45.1 Å². The molecule has 0 radical (unpaired) electrons. The molecule has 38 heavy (non-hydrogen) atoms. The molecular weight excluding hydrogens is 504 g/mol. The molecule has 2 aromatic rings. The zero-order chi connectivity index (χ0) is 27.1. The summed E-state index contributed by atoms with van der Waals surface area (Å²) >= 11 is 0.839. The van der Waals surface area contributed by atoms with E-state index in [9.17, 15) is 14.4 Å². The number of hydrogen-bond donors (Lipinski definition) is 3. The van der Waals surface area contributed by atoms with Crippen LogP contribution in [0.25, 0.3) is 0 Å². The molecule has 0 spiro atoms. The number of carbonyl (C=O) groups is 3. The molecule has 1 atom stereocenters. The molecule has 11 heteroatoms.